The van der Waals surface area contributed by atoms with Gasteiger partial charge in [0, 0.05) is 36.7 Å². The summed E-state index contributed by atoms with van der Waals surface area (Å²) in [4.78, 5) is 8.53. The van der Waals surface area contributed by atoms with E-state index in [9.17, 15) is 4.39 Å². The van der Waals surface area contributed by atoms with Crippen LogP contribution < -0.4 is 16.2 Å². The normalized spacial score (nSPS) is 31.0. The van der Waals surface area contributed by atoms with E-state index in [1.165, 1.54) is 6.07 Å². The van der Waals surface area contributed by atoms with E-state index >= 15 is 0 Å². The third-order valence-electron chi connectivity index (χ3n) is 4.64. The van der Waals surface area contributed by atoms with Crippen molar-refractivity contribution in [3.8, 4) is 0 Å². The maximum atomic E-state index is 14.1. The van der Waals surface area contributed by atoms with Crippen molar-refractivity contribution in [1.29, 1.82) is 0 Å². The molecular formula is C16H18FN5. The fourth-order valence-corrected chi connectivity index (χ4v) is 3.52. The van der Waals surface area contributed by atoms with E-state index in [2.05, 4.69) is 26.1 Å². The van der Waals surface area contributed by atoms with Crippen molar-refractivity contribution in [2.45, 2.75) is 24.5 Å². The van der Waals surface area contributed by atoms with Crippen LogP contribution in [0.2, 0.25) is 0 Å². The first-order valence-corrected chi connectivity index (χ1v) is 7.57. The maximum Gasteiger partial charge on any atom is 0.128 e. The van der Waals surface area contributed by atoms with E-state index < -0.39 is 0 Å². The second-order valence-electron chi connectivity index (χ2n) is 5.89. The third kappa shape index (κ3) is 2.39. The van der Waals surface area contributed by atoms with Crippen LogP contribution >= 0.6 is 0 Å². The number of halogens is 1. The number of rotatable bonds is 2. The van der Waals surface area contributed by atoms with Crippen molar-refractivity contribution in [2.24, 2.45) is 5.92 Å². The van der Waals surface area contributed by atoms with Gasteiger partial charge in [0.05, 0.1) is 17.8 Å². The van der Waals surface area contributed by atoms with Crippen molar-refractivity contribution in [3.05, 3.63) is 59.9 Å². The Bertz CT molecular complexity index is 650. The number of piperidine rings is 1. The van der Waals surface area contributed by atoms with E-state index in [4.69, 9.17) is 0 Å². The molecule has 4 rings (SSSR count). The number of aromatic nitrogens is 2. The lowest BCUT2D eigenvalue weighted by molar-refractivity contribution is 0.261. The lowest BCUT2D eigenvalue weighted by atomic mass is 9.81. The lowest BCUT2D eigenvalue weighted by Crippen LogP contribution is -2.46. The van der Waals surface area contributed by atoms with Crippen LogP contribution in [0.5, 0.6) is 0 Å². The van der Waals surface area contributed by atoms with Crippen LogP contribution in [0.25, 0.3) is 0 Å². The predicted molar refractivity (Wildman–Crippen MR) is 80.1 cm³/mol. The number of hydrazine groups is 1. The average molecular weight is 299 g/mol. The average Bonchev–Trinajstić information content (AvgIpc) is 2.99. The predicted octanol–water partition coefficient (Wildman–Crippen LogP) is 1.48. The number of nitrogens with one attached hydrogen (secondary N) is 3. The molecule has 4 unspecified atom stereocenters. The molecule has 0 radical (unpaired) electrons. The molecule has 0 saturated carbocycles. The van der Waals surface area contributed by atoms with Crippen molar-refractivity contribution in [1.82, 2.24) is 26.1 Å². The van der Waals surface area contributed by atoms with Gasteiger partial charge in [0.2, 0.25) is 0 Å². The summed E-state index contributed by atoms with van der Waals surface area (Å²) in [6.07, 6.45) is 6.08. The van der Waals surface area contributed by atoms with Crippen LogP contribution in [0.3, 0.4) is 0 Å². The highest BCUT2D eigenvalue weighted by atomic mass is 19.1. The summed E-state index contributed by atoms with van der Waals surface area (Å²) >= 11 is 0. The first kappa shape index (κ1) is 13.8. The standard InChI is InChI=1S/C16H18FN5/c17-12-4-2-1-3-10(12)16-11-7-13(15-8-18-5-6-19-15)20-9-14(11)21-22-16/h1-6,8,11,13-14,16,20-22H,7,9H2. The number of hydrogen-bond acceptors (Lipinski definition) is 5. The second kappa shape index (κ2) is 5.72. The van der Waals surface area contributed by atoms with Gasteiger partial charge >= 0.3 is 0 Å². The van der Waals surface area contributed by atoms with Crippen LogP contribution in [0, 0.1) is 11.7 Å². The Morgan fingerprint density at radius 1 is 1.14 bits per heavy atom. The van der Waals surface area contributed by atoms with Gasteiger partial charge in [-0.25, -0.2) is 9.82 Å². The fraction of sp³-hybridized carbons (Fsp3) is 0.375. The fourth-order valence-electron chi connectivity index (χ4n) is 3.52. The highest BCUT2D eigenvalue weighted by Crippen LogP contribution is 2.38. The van der Waals surface area contributed by atoms with Crippen LogP contribution in [0.1, 0.15) is 29.8 Å². The molecule has 1 aromatic heterocycles. The van der Waals surface area contributed by atoms with Crippen molar-refractivity contribution in [2.75, 3.05) is 6.54 Å². The molecule has 2 saturated heterocycles. The lowest BCUT2D eigenvalue weighted by Gasteiger charge is -2.34. The van der Waals surface area contributed by atoms with Gasteiger partial charge in [0.25, 0.3) is 0 Å². The van der Waals surface area contributed by atoms with Gasteiger partial charge in [-0.1, -0.05) is 18.2 Å². The monoisotopic (exact) mass is 299 g/mol. The van der Waals surface area contributed by atoms with Gasteiger partial charge < -0.3 is 5.32 Å². The zero-order valence-electron chi connectivity index (χ0n) is 12.0. The molecule has 0 bridgehead atoms. The zero-order valence-corrected chi connectivity index (χ0v) is 12.0. The van der Waals surface area contributed by atoms with Crippen LogP contribution in [-0.2, 0) is 0 Å². The first-order valence-electron chi connectivity index (χ1n) is 7.57. The summed E-state index contributed by atoms with van der Waals surface area (Å²) in [5, 5.41) is 3.49. The summed E-state index contributed by atoms with van der Waals surface area (Å²) in [6, 6.07) is 7.41. The molecule has 2 aliphatic rings. The molecule has 1 aromatic carbocycles. The topological polar surface area (TPSA) is 61.9 Å². The van der Waals surface area contributed by atoms with E-state index in [0.29, 0.717) is 5.92 Å². The summed E-state index contributed by atoms with van der Waals surface area (Å²) in [5.74, 6) is 0.155. The minimum atomic E-state index is -0.156. The molecule has 22 heavy (non-hydrogen) atoms. The molecule has 114 valence electrons. The Morgan fingerprint density at radius 3 is 2.86 bits per heavy atom. The van der Waals surface area contributed by atoms with Gasteiger partial charge in [-0.2, -0.15) is 0 Å². The van der Waals surface area contributed by atoms with Gasteiger partial charge in [-0.3, -0.25) is 15.4 Å². The first-order chi connectivity index (χ1) is 10.8. The molecular weight excluding hydrogens is 281 g/mol. The smallest absolute Gasteiger partial charge is 0.128 e. The molecule has 6 heteroatoms. The van der Waals surface area contributed by atoms with Gasteiger partial charge in [0.15, 0.2) is 0 Å². The van der Waals surface area contributed by atoms with Crippen molar-refractivity contribution >= 4 is 0 Å². The number of benzene rings is 1. The number of hydrogen-bond donors (Lipinski definition) is 3. The highest BCUT2D eigenvalue weighted by molar-refractivity contribution is 5.24. The van der Waals surface area contributed by atoms with Crippen LogP contribution in [0.15, 0.2) is 42.9 Å². The molecule has 3 heterocycles. The Morgan fingerprint density at radius 2 is 2.05 bits per heavy atom. The molecule has 0 amide bonds. The second-order valence-corrected chi connectivity index (χ2v) is 5.89. The van der Waals surface area contributed by atoms with E-state index in [-0.39, 0.29) is 23.9 Å². The molecule has 0 aliphatic carbocycles. The van der Waals surface area contributed by atoms with E-state index in [1.54, 1.807) is 24.7 Å². The number of fused-ring (bicyclic) bond motifs is 1. The SMILES string of the molecule is Fc1ccccc1C1NNC2CNC(c3cnccn3)CC21. The molecule has 2 aliphatic heterocycles. The van der Waals surface area contributed by atoms with E-state index in [1.807, 2.05) is 12.1 Å². The quantitative estimate of drug-likeness (QED) is 0.784. The van der Waals surface area contributed by atoms with Gasteiger partial charge in [-0.05, 0) is 18.4 Å². The maximum absolute atomic E-state index is 14.1. The summed E-state index contributed by atoms with van der Waals surface area (Å²) < 4.78 is 14.1. The third-order valence-corrected chi connectivity index (χ3v) is 4.64. The Hall–Kier alpha value is -1.89. The van der Waals surface area contributed by atoms with Crippen LogP contribution in [-0.4, -0.2) is 22.6 Å². The molecule has 0 spiro atoms. The Balaban J connectivity index is 1.59. The summed E-state index contributed by atoms with van der Waals surface area (Å²) in [5.41, 5.74) is 8.22. The summed E-state index contributed by atoms with van der Waals surface area (Å²) in [6.45, 7) is 0.823. The molecule has 4 atom stereocenters. The minimum Gasteiger partial charge on any atom is -0.307 e. The largest absolute Gasteiger partial charge is 0.307 e. The number of nitrogens with zero attached hydrogens (tertiary/aromatic N) is 2. The van der Waals surface area contributed by atoms with Gasteiger partial charge in [0.1, 0.15) is 5.82 Å². The molecule has 5 nitrogen and oxygen atoms in total. The Labute approximate surface area is 128 Å². The minimum absolute atomic E-state index is 0.0209. The van der Waals surface area contributed by atoms with Gasteiger partial charge in [-0.15, -0.1) is 0 Å². The molecule has 2 fully saturated rings. The van der Waals surface area contributed by atoms with E-state index in [0.717, 1.165) is 24.2 Å². The Kier molecular flexibility index (Phi) is 3.57. The zero-order chi connectivity index (χ0) is 14.9. The molecule has 3 N–H and O–H groups in total. The molecule has 2 aromatic rings. The highest BCUT2D eigenvalue weighted by Gasteiger charge is 2.42. The van der Waals surface area contributed by atoms with Crippen molar-refractivity contribution < 1.29 is 4.39 Å². The summed E-state index contributed by atoms with van der Waals surface area (Å²) in [7, 11) is 0. The van der Waals surface area contributed by atoms with Crippen molar-refractivity contribution in [3.63, 3.8) is 0 Å². The van der Waals surface area contributed by atoms with Crippen LogP contribution in [0.4, 0.5) is 4.39 Å².